The van der Waals surface area contributed by atoms with Crippen molar-refractivity contribution in [2.45, 2.75) is 25.5 Å². The van der Waals surface area contributed by atoms with Crippen molar-refractivity contribution >= 4 is 17.2 Å². The highest BCUT2D eigenvalue weighted by Crippen LogP contribution is 2.33. The van der Waals surface area contributed by atoms with Gasteiger partial charge in [0.2, 0.25) is 0 Å². The molecule has 1 fully saturated rings. The molecular weight excluding hydrogens is 338 g/mol. The van der Waals surface area contributed by atoms with Gasteiger partial charge in [0.1, 0.15) is 5.69 Å². The van der Waals surface area contributed by atoms with Gasteiger partial charge in [0.15, 0.2) is 5.76 Å². The van der Waals surface area contributed by atoms with Crippen LogP contribution in [0.4, 0.5) is 0 Å². The van der Waals surface area contributed by atoms with Crippen LogP contribution in [0.25, 0.3) is 11.3 Å². The maximum absolute atomic E-state index is 12.3. The van der Waals surface area contributed by atoms with Crippen molar-refractivity contribution in [3.8, 4) is 11.3 Å². The molecule has 4 heterocycles. The lowest BCUT2D eigenvalue weighted by molar-refractivity contribution is 0.0951. The van der Waals surface area contributed by atoms with E-state index < -0.39 is 0 Å². The summed E-state index contributed by atoms with van der Waals surface area (Å²) >= 11 is 1.48. The Morgan fingerprint density at radius 1 is 1.36 bits per heavy atom. The minimum atomic E-state index is -0.117. The van der Waals surface area contributed by atoms with Crippen LogP contribution in [0.2, 0.25) is 0 Å². The summed E-state index contributed by atoms with van der Waals surface area (Å²) in [7, 11) is 0. The molecule has 1 N–H and O–H groups in total. The van der Waals surface area contributed by atoms with Crippen molar-refractivity contribution in [2.75, 3.05) is 6.61 Å². The Morgan fingerprint density at radius 3 is 3.12 bits per heavy atom. The fourth-order valence-corrected chi connectivity index (χ4v) is 3.76. The monoisotopic (exact) mass is 355 g/mol. The van der Waals surface area contributed by atoms with E-state index in [1.54, 1.807) is 12.4 Å². The van der Waals surface area contributed by atoms with Gasteiger partial charge < -0.3 is 14.6 Å². The van der Waals surface area contributed by atoms with E-state index in [1.807, 2.05) is 30.3 Å². The Labute approximate surface area is 148 Å². The summed E-state index contributed by atoms with van der Waals surface area (Å²) in [5.41, 5.74) is 1.58. The van der Waals surface area contributed by atoms with Crippen LogP contribution < -0.4 is 5.32 Å². The second-order valence-corrected chi connectivity index (χ2v) is 6.92. The molecule has 1 saturated heterocycles. The summed E-state index contributed by atoms with van der Waals surface area (Å²) in [4.78, 5) is 18.2. The van der Waals surface area contributed by atoms with Crippen molar-refractivity contribution in [3.05, 3.63) is 58.2 Å². The maximum Gasteiger partial charge on any atom is 0.261 e. The van der Waals surface area contributed by atoms with Crippen LogP contribution in [0, 0.1) is 0 Å². The third-order valence-electron chi connectivity index (χ3n) is 4.04. The molecule has 3 aromatic heterocycles. The van der Waals surface area contributed by atoms with E-state index in [4.69, 9.17) is 9.26 Å². The van der Waals surface area contributed by atoms with Crippen LogP contribution in [0.3, 0.4) is 0 Å². The number of nitrogens with zero attached hydrogens (tertiary/aromatic N) is 2. The number of rotatable bonds is 5. The Morgan fingerprint density at radius 2 is 2.32 bits per heavy atom. The Hall–Kier alpha value is -2.51. The molecule has 0 aliphatic carbocycles. The molecule has 1 atom stereocenters. The Kier molecular flexibility index (Phi) is 4.58. The second-order valence-electron chi connectivity index (χ2n) is 5.81. The molecule has 1 aliphatic rings. The summed E-state index contributed by atoms with van der Waals surface area (Å²) in [6, 6.07) is 9.38. The lowest BCUT2D eigenvalue weighted by Gasteiger charge is -2.05. The lowest BCUT2D eigenvalue weighted by atomic mass is 10.2. The average molecular weight is 355 g/mol. The maximum atomic E-state index is 12.3. The summed E-state index contributed by atoms with van der Waals surface area (Å²) in [6.45, 7) is 1.09. The molecule has 128 valence electrons. The molecule has 4 rings (SSSR count). The van der Waals surface area contributed by atoms with Crippen LogP contribution >= 0.6 is 11.3 Å². The smallest absolute Gasteiger partial charge is 0.261 e. The van der Waals surface area contributed by atoms with E-state index in [-0.39, 0.29) is 12.0 Å². The zero-order chi connectivity index (χ0) is 17.1. The highest BCUT2D eigenvalue weighted by molar-refractivity contribution is 7.14. The first-order valence-electron chi connectivity index (χ1n) is 8.15. The van der Waals surface area contributed by atoms with Crippen LogP contribution in [-0.2, 0) is 11.3 Å². The number of carbonyl (C=O) groups is 1. The molecular formula is C18H17N3O3S. The zero-order valence-corrected chi connectivity index (χ0v) is 14.3. The van der Waals surface area contributed by atoms with Gasteiger partial charge in [0.05, 0.1) is 17.5 Å². The molecule has 7 heteroatoms. The molecule has 6 nitrogen and oxygen atoms in total. The fourth-order valence-electron chi connectivity index (χ4n) is 2.75. The van der Waals surface area contributed by atoms with Gasteiger partial charge in [-0.1, -0.05) is 5.16 Å². The largest absolute Gasteiger partial charge is 0.373 e. The SMILES string of the molecule is O=C(NCc1cc(-c2cccnc2)no1)c1ccc([C@@H]2CCCO2)s1. The number of pyridine rings is 1. The van der Waals surface area contributed by atoms with Crippen molar-refractivity contribution in [1.29, 1.82) is 0 Å². The standard InChI is InChI=1S/C18H17N3O3S/c22-18(17-6-5-16(25-17)15-4-2-8-23-15)20-11-13-9-14(21-24-13)12-3-1-7-19-10-12/h1,3,5-7,9-10,15H,2,4,8,11H2,(H,20,22)/t15-/m0/s1. The first kappa shape index (κ1) is 16.0. The number of thiophene rings is 1. The first-order valence-corrected chi connectivity index (χ1v) is 8.97. The molecule has 25 heavy (non-hydrogen) atoms. The van der Waals surface area contributed by atoms with Gasteiger partial charge in [0, 0.05) is 35.5 Å². The molecule has 0 saturated carbocycles. The third kappa shape index (κ3) is 3.62. The first-order chi connectivity index (χ1) is 12.3. The fraction of sp³-hybridized carbons (Fsp3) is 0.278. The lowest BCUT2D eigenvalue weighted by Crippen LogP contribution is -2.21. The number of hydrogen-bond acceptors (Lipinski definition) is 6. The number of amides is 1. The second kappa shape index (κ2) is 7.16. The summed E-state index contributed by atoms with van der Waals surface area (Å²) < 4.78 is 10.9. The topological polar surface area (TPSA) is 77.3 Å². The van der Waals surface area contributed by atoms with Crippen molar-refractivity contribution < 1.29 is 14.1 Å². The zero-order valence-electron chi connectivity index (χ0n) is 13.5. The molecule has 0 aromatic carbocycles. The number of carbonyl (C=O) groups excluding carboxylic acids is 1. The van der Waals surface area contributed by atoms with E-state index >= 15 is 0 Å². The van der Waals surface area contributed by atoms with E-state index in [0.29, 0.717) is 22.9 Å². The van der Waals surface area contributed by atoms with Gasteiger partial charge in [-0.3, -0.25) is 9.78 Å². The molecule has 1 aliphatic heterocycles. The predicted molar refractivity (Wildman–Crippen MR) is 93.2 cm³/mol. The average Bonchev–Trinajstić information content (AvgIpc) is 3.41. The molecule has 3 aromatic rings. The quantitative estimate of drug-likeness (QED) is 0.757. The highest BCUT2D eigenvalue weighted by Gasteiger charge is 2.21. The van der Waals surface area contributed by atoms with Gasteiger partial charge in [0.25, 0.3) is 5.91 Å². The van der Waals surface area contributed by atoms with Crippen LogP contribution in [0.5, 0.6) is 0 Å². The van der Waals surface area contributed by atoms with E-state index in [2.05, 4.69) is 15.5 Å². The van der Waals surface area contributed by atoms with Crippen LogP contribution in [-0.4, -0.2) is 22.7 Å². The predicted octanol–water partition coefficient (Wildman–Crippen LogP) is 3.58. The van der Waals surface area contributed by atoms with Gasteiger partial charge in [-0.15, -0.1) is 11.3 Å². The Balaban J connectivity index is 1.37. The number of aromatic nitrogens is 2. The van der Waals surface area contributed by atoms with Crippen molar-refractivity contribution in [1.82, 2.24) is 15.5 Å². The normalized spacial score (nSPS) is 16.9. The van der Waals surface area contributed by atoms with Crippen molar-refractivity contribution in [2.24, 2.45) is 0 Å². The van der Waals surface area contributed by atoms with E-state index in [0.717, 1.165) is 29.9 Å². The van der Waals surface area contributed by atoms with Gasteiger partial charge in [-0.2, -0.15) is 0 Å². The molecule has 0 unspecified atom stereocenters. The molecule has 1 amide bonds. The van der Waals surface area contributed by atoms with E-state index in [9.17, 15) is 4.79 Å². The van der Waals surface area contributed by atoms with Gasteiger partial charge in [-0.25, -0.2) is 0 Å². The number of ether oxygens (including phenoxy) is 1. The Bertz CT molecular complexity index is 853. The molecule has 0 spiro atoms. The third-order valence-corrected chi connectivity index (χ3v) is 5.21. The highest BCUT2D eigenvalue weighted by atomic mass is 32.1. The molecule has 0 bridgehead atoms. The van der Waals surface area contributed by atoms with E-state index in [1.165, 1.54) is 11.3 Å². The summed E-state index contributed by atoms with van der Waals surface area (Å²) in [6.07, 6.45) is 5.67. The van der Waals surface area contributed by atoms with Crippen LogP contribution in [0.1, 0.15) is 39.3 Å². The number of hydrogen-bond donors (Lipinski definition) is 1. The summed E-state index contributed by atoms with van der Waals surface area (Å²) in [5.74, 6) is 0.483. The minimum absolute atomic E-state index is 0.117. The number of nitrogens with one attached hydrogen (secondary N) is 1. The van der Waals surface area contributed by atoms with Crippen molar-refractivity contribution in [3.63, 3.8) is 0 Å². The van der Waals surface area contributed by atoms with Gasteiger partial charge >= 0.3 is 0 Å². The van der Waals surface area contributed by atoms with Gasteiger partial charge in [-0.05, 0) is 37.1 Å². The summed E-state index contributed by atoms with van der Waals surface area (Å²) in [5, 5.41) is 6.88. The van der Waals surface area contributed by atoms with Crippen LogP contribution in [0.15, 0.2) is 47.2 Å². The minimum Gasteiger partial charge on any atom is -0.373 e. The molecule has 0 radical (unpaired) electrons.